The number of thiol groups is 1. The van der Waals surface area contributed by atoms with E-state index in [0.717, 1.165) is 22.4 Å². The quantitative estimate of drug-likeness (QED) is 0.446. The average Bonchev–Trinajstić information content (AvgIpc) is 2.69. The van der Waals surface area contributed by atoms with E-state index in [1.807, 2.05) is 30.3 Å². The summed E-state index contributed by atoms with van der Waals surface area (Å²) in [7, 11) is 0. The maximum atomic E-state index is 13.0. The maximum absolute atomic E-state index is 13.0. The third kappa shape index (κ3) is 2.62. The van der Waals surface area contributed by atoms with E-state index in [1.165, 1.54) is 26.9 Å². The lowest BCUT2D eigenvalue weighted by atomic mass is 9.84. The molecule has 27 heavy (non-hydrogen) atoms. The van der Waals surface area contributed by atoms with Gasteiger partial charge in [-0.05, 0) is 75.0 Å². The fourth-order valence-corrected chi connectivity index (χ4v) is 4.30. The zero-order valence-electron chi connectivity index (χ0n) is 15.0. The fourth-order valence-electron chi connectivity index (χ4n) is 4.15. The van der Waals surface area contributed by atoms with Crippen LogP contribution in [-0.2, 0) is 0 Å². The minimum absolute atomic E-state index is 0.0858. The Bertz CT molecular complexity index is 1260. The highest BCUT2D eigenvalue weighted by Gasteiger charge is 2.19. The molecule has 4 aromatic carbocycles. The lowest BCUT2D eigenvalue weighted by molar-refractivity contribution is 0.102. The van der Waals surface area contributed by atoms with E-state index >= 15 is 0 Å². The summed E-state index contributed by atoms with van der Waals surface area (Å²) >= 11 is 4.30. The number of carbonyl (C=O) groups excluding carboxylic acids is 1. The number of amides is 1. The minimum atomic E-state index is -0.0858. The predicted molar refractivity (Wildman–Crippen MR) is 116 cm³/mol. The van der Waals surface area contributed by atoms with Crippen molar-refractivity contribution in [2.75, 3.05) is 5.32 Å². The van der Waals surface area contributed by atoms with Gasteiger partial charge in [-0.2, -0.15) is 0 Å². The molecule has 1 N–H and O–H groups in total. The van der Waals surface area contributed by atoms with Gasteiger partial charge in [0.1, 0.15) is 0 Å². The van der Waals surface area contributed by atoms with Crippen LogP contribution >= 0.6 is 12.6 Å². The van der Waals surface area contributed by atoms with Gasteiger partial charge in [0.05, 0.1) is 0 Å². The molecule has 1 amide bonds. The van der Waals surface area contributed by atoms with E-state index in [9.17, 15) is 4.79 Å². The number of benzene rings is 4. The van der Waals surface area contributed by atoms with Crippen molar-refractivity contribution in [3.05, 3.63) is 77.0 Å². The Kier molecular flexibility index (Phi) is 3.73. The number of anilines is 1. The van der Waals surface area contributed by atoms with Crippen LogP contribution in [0.5, 0.6) is 0 Å². The van der Waals surface area contributed by atoms with Gasteiger partial charge in [-0.15, -0.1) is 12.6 Å². The lowest BCUT2D eigenvalue weighted by Gasteiger charge is -2.21. The van der Waals surface area contributed by atoms with Gasteiger partial charge in [-0.25, -0.2) is 0 Å². The summed E-state index contributed by atoms with van der Waals surface area (Å²) in [6, 6.07) is 20.1. The predicted octanol–water partition coefficient (Wildman–Crippen LogP) is 5.54. The largest absolute Gasteiger partial charge is 0.322 e. The van der Waals surface area contributed by atoms with Gasteiger partial charge in [0.25, 0.3) is 5.91 Å². The first-order valence-electron chi connectivity index (χ1n) is 9.20. The van der Waals surface area contributed by atoms with E-state index in [0.29, 0.717) is 11.5 Å². The van der Waals surface area contributed by atoms with Crippen LogP contribution in [0.4, 0.5) is 5.69 Å². The highest BCUT2D eigenvalue weighted by Crippen LogP contribution is 2.36. The highest BCUT2D eigenvalue weighted by molar-refractivity contribution is 7.80. The molecule has 2 nitrogen and oxygen atoms in total. The van der Waals surface area contributed by atoms with Gasteiger partial charge < -0.3 is 5.32 Å². The van der Waals surface area contributed by atoms with E-state index in [-0.39, 0.29) is 5.91 Å². The van der Waals surface area contributed by atoms with Crippen LogP contribution in [0, 0.1) is 0 Å². The van der Waals surface area contributed by atoms with Crippen molar-refractivity contribution in [2.45, 2.75) is 24.2 Å². The zero-order chi connectivity index (χ0) is 18.5. The molecule has 0 heterocycles. The molecule has 5 rings (SSSR count). The monoisotopic (exact) mass is 369 g/mol. The summed E-state index contributed by atoms with van der Waals surface area (Å²) in [6.45, 7) is 2.27. The standard InChI is InChI=1S/C24H19NOS/c1-14-2-3-15-4-5-16-6-11-21(20-13-12-19(14)22(15)23(16)20)24(26)25-17-7-9-18(27)10-8-17/h3-14,27H,2H2,1H3,(H,25,26). The van der Waals surface area contributed by atoms with Gasteiger partial charge in [-0.3, -0.25) is 4.79 Å². The molecule has 0 fully saturated rings. The Morgan fingerprint density at radius 2 is 1.74 bits per heavy atom. The summed E-state index contributed by atoms with van der Waals surface area (Å²) in [6.07, 6.45) is 3.38. The lowest BCUT2D eigenvalue weighted by Crippen LogP contribution is -2.15. The second-order valence-corrected chi connectivity index (χ2v) is 7.80. The molecule has 1 aliphatic carbocycles. The smallest absolute Gasteiger partial charge is 0.256 e. The summed E-state index contributed by atoms with van der Waals surface area (Å²) in [5, 5.41) is 8.99. The molecule has 0 aliphatic heterocycles. The highest BCUT2D eigenvalue weighted by atomic mass is 32.1. The summed E-state index contributed by atoms with van der Waals surface area (Å²) < 4.78 is 0. The van der Waals surface area contributed by atoms with Crippen molar-refractivity contribution >= 4 is 51.8 Å². The summed E-state index contributed by atoms with van der Waals surface area (Å²) in [5.41, 5.74) is 2.86. The van der Waals surface area contributed by atoms with Crippen molar-refractivity contribution in [2.24, 2.45) is 0 Å². The third-order valence-corrected chi connectivity index (χ3v) is 5.87. The number of hydrogen-bond donors (Lipinski definition) is 2. The van der Waals surface area contributed by atoms with Gasteiger partial charge in [-0.1, -0.05) is 43.3 Å². The van der Waals surface area contributed by atoms with Crippen LogP contribution in [0.1, 0.15) is 35.2 Å². The Balaban J connectivity index is 1.70. The van der Waals surface area contributed by atoms with Crippen LogP contribution in [0.15, 0.2) is 65.6 Å². The van der Waals surface area contributed by atoms with Crippen LogP contribution in [0.2, 0.25) is 0 Å². The molecule has 0 saturated carbocycles. The molecule has 3 heteroatoms. The summed E-state index contributed by atoms with van der Waals surface area (Å²) in [5.74, 6) is 0.419. The molecule has 1 aliphatic rings. The molecular weight excluding hydrogens is 350 g/mol. The van der Waals surface area contributed by atoms with Crippen molar-refractivity contribution in [1.82, 2.24) is 0 Å². The number of rotatable bonds is 2. The molecule has 4 aromatic rings. The first kappa shape index (κ1) is 16.4. The molecule has 132 valence electrons. The molecule has 1 atom stereocenters. The van der Waals surface area contributed by atoms with Gasteiger partial charge in [0.15, 0.2) is 0 Å². The van der Waals surface area contributed by atoms with Gasteiger partial charge >= 0.3 is 0 Å². The molecule has 0 bridgehead atoms. The fraction of sp³-hybridized carbons (Fsp3) is 0.125. The topological polar surface area (TPSA) is 29.1 Å². The van der Waals surface area contributed by atoms with Crippen LogP contribution < -0.4 is 10.5 Å². The first-order chi connectivity index (χ1) is 13.1. The Labute approximate surface area is 163 Å². The molecule has 1 unspecified atom stereocenters. The normalized spacial score (nSPS) is 15.7. The van der Waals surface area contributed by atoms with Crippen molar-refractivity contribution in [3.63, 3.8) is 0 Å². The second kappa shape index (κ2) is 6.14. The van der Waals surface area contributed by atoms with Crippen LogP contribution in [0.3, 0.4) is 0 Å². The maximum Gasteiger partial charge on any atom is 0.256 e. The van der Waals surface area contributed by atoms with Gasteiger partial charge in [0, 0.05) is 16.1 Å². The zero-order valence-corrected chi connectivity index (χ0v) is 15.9. The van der Waals surface area contributed by atoms with E-state index in [4.69, 9.17) is 0 Å². The average molecular weight is 369 g/mol. The molecule has 0 radical (unpaired) electrons. The number of nitrogens with one attached hydrogen (secondary N) is 1. The SMILES string of the molecule is CC1CC=c2ccc3ccc(C(=O)Nc4ccc(S)cc4)c4ccc1c2c34. The second-order valence-electron chi connectivity index (χ2n) is 7.29. The van der Waals surface area contributed by atoms with E-state index in [1.54, 1.807) is 0 Å². The Morgan fingerprint density at radius 3 is 2.56 bits per heavy atom. The van der Waals surface area contributed by atoms with E-state index < -0.39 is 0 Å². The van der Waals surface area contributed by atoms with Crippen LogP contribution in [-0.4, -0.2) is 5.91 Å². The number of carbonyl (C=O) groups is 1. The van der Waals surface area contributed by atoms with Crippen molar-refractivity contribution in [1.29, 1.82) is 0 Å². The third-order valence-electron chi connectivity index (χ3n) is 5.57. The molecule has 0 spiro atoms. The minimum Gasteiger partial charge on any atom is -0.322 e. The Hall–Kier alpha value is -2.78. The number of hydrogen-bond acceptors (Lipinski definition) is 2. The van der Waals surface area contributed by atoms with Crippen LogP contribution in [0.25, 0.3) is 27.6 Å². The molecule has 0 saturated heterocycles. The Morgan fingerprint density at radius 1 is 0.963 bits per heavy atom. The molecule has 0 aromatic heterocycles. The van der Waals surface area contributed by atoms with Gasteiger partial charge in [0.2, 0.25) is 0 Å². The van der Waals surface area contributed by atoms with E-state index in [2.05, 4.69) is 61.3 Å². The summed E-state index contributed by atoms with van der Waals surface area (Å²) in [4.78, 5) is 13.9. The molecular formula is C24H19NOS. The van der Waals surface area contributed by atoms with Crippen molar-refractivity contribution in [3.8, 4) is 0 Å². The first-order valence-corrected chi connectivity index (χ1v) is 9.65. The van der Waals surface area contributed by atoms with Crippen molar-refractivity contribution < 1.29 is 4.79 Å².